The van der Waals surface area contributed by atoms with Crippen LogP contribution >= 0.6 is 0 Å². The summed E-state index contributed by atoms with van der Waals surface area (Å²) in [7, 11) is -0.957. The fourth-order valence-corrected chi connectivity index (χ4v) is 5.97. The summed E-state index contributed by atoms with van der Waals surface area (Å²) in [5.41, 5.74) is -0.700. The summed E-state index contributed by atoms with van der Waals surface area (Å²) < 4.78 is 95.7. The number of hydrogen-bond acceptors (Lipinski definition) is 3. The van der Waals surface area contributed by atoms with Gasteiger partial charge in [0.2, 0.25) is 0 Å². The standard InChI is InChI=1S/C31H27F6O3S/c1-3-38-21(2)40-26-10-4-22(5-11-26)20-39-25-12-18-29(19-13-25)41(27-14-6-23(7-15-27)30(32,33)34)28-16-8-24(9-17-28)31(35,36)37/h4-19,21H,3,20H2,1-2H3/q+1. The highest BCUT2D eigenvalue weighted by atomic mass is 32.2. The molecule has 0 fully saturated rings. The Morgan fingerprint density at radius 3 is 1.44 bits per heavy atom. The number of halogens is 6. The van der Waals surface area contributed by atoms with Crippen molar-refractivity contribution in [1.29, 1.82) is 0 Å². The fourth-order valence-electron chi connectivity index (χ4n) is 3.93. The second-order valence-corrected chi connectivity index (χ2v) is 10.9. The van der Waals surface area contributed by atoms with Crippen LogP contribution in [0, 0.1) is 0 Å². The topological polar surface area (TPSA) is 27.7 Å². The Hall–Kier alpha value is -3.63. The first-order valence-electron chi connectivity index (χ1n) is 12.6. The maximum Gasteiger partial charge on any atom is 0.416 e. The molecule has 0 bridgehead atoms. The maximum absolute atomic E-state index is 13.1. The van der Waals surface area contributed by atoms with E-state index in [1.54, 1.807) is 24.3 Å². The number of ether oxygens (including phenoxy) is 3. The molecule has 216 valence electrons. The molecule has 3 nitrogen and oxygen atoms in total. The Bertz CT molecular complexity index is 1330. The van der Waals surface area contributed by atoms with Crippen molar-refractivity contribution in [2.24, 2.45) is 0 Å². The molecule has 41 heavy (non-hydrogen) atoms. The SMILES string of the molecule is CCOC(C)Oc1ccc(COc2ccc([S+](c3ccc(C(F)(F)F)cc3)c3ccc(C(F)(F)F)cc3)cc2)cc1. The van der Waals surface area contributed by atoms with Crippen LogP contribution in [0.1, 0.15) is 30.5 Å². The molecule has 4 aromatic carbocycles. The number of rotatable bonds is 10. The van der Waals surface area contributed by atoms with E-state index in [2.05, 4.69) is 0 Å². The maximum atomic E-state index is 13.1. The lowest BCUT2D eigenvalue weighted by atomic mass is 10.2. The van der Waals surface area contributed by atoms with Crippen LogP contribution in [0.3, 0.4) is 0 Å². The van der Waals surface area contributed by atoms with Crippen LogP contribution in [0.2, 0.25) is 0 Å². The van der Waals surface area contributed by atoms with Crippen molar-refractivity contribution in [3.05, 3.63) is 114 Å². The molecule has 0 heterocycles. The summed E-state index contributed by atoms with van der Waals surface area (Å²) in [6.45, 7) is 4.52. The average Bonchev–Trinajstić information content (AvgIpc) is 2.93. The van der Waals surface area contributed by atoms with Gasteiger partial charge in [0.15, 0.2) is 21.0 Å². The van der Waals surface area contributed by atoms with Crippen LogP contribution in [-0.2, 0) is 34.6 Å². The molecule has 0 aromatic heterocycles. The van der Waals surface area contributed by atoms with E-state index in [1.165, 1.54) is 24.3 Å². The van der Waals surface area contributed by atoms with E-state index in [9.17, 15) is 26.3 Å². The minimum Gasteiger partial charge on any atom is -0.489 e. The van der Waals surface area contributed by atoms with Crippen molar-refractivity contribution in [3.8, 4) is 11.5 Å². The fraction of sp³-hybridized carbons (Fsp3) is 0.226. The molecule has 0 radical (unpaired) electrons. The summed E-state index contributed by atoms with van der Waals surface area (Å²) >= 11 is 0. The van der Waals surface area contributed by atoms with Crippen molar-refractivity contribution in [2.45, 2.75) is 53.8 Å². The van der Waals surface area contributed by atoms with Crippen LogP contribution in [0.15, 0.2) is 112 Å². The van der Waals surface area contributed by atoms with Crippen molar-refractivity contribution >= 4 is 10.9 Å². The number of benzene rings is 4. The monoisotopic (exact) mass is 593 g/mol. The van der Waals surface area contributed by atoms with E-state index in [0.717, 1.165) is 29.8 Å². The van der Waals surface area contributed by atoms with Gasteiger partial charge < -0.3 is 14.2 Å². The molecule has 4 aromatic rings. The van der Waals surface area contributed by atoms with Gasteiger partial charge >= 0.3 is 12.4 Å². The highest BCUT2D eigenvalue weighted by Gasteiger charge is 2.35. The quantitative estimate of drug-likeness (QED) is 0.104. The predicted octanol–water partition coefficient (Wildman–Crippen LogP) is 9.16. The summed E-state index contributed by atoms with van der Waals surface area (Å²) in [4.78, 5) is 1.78. The van der Waals surface area contributed by atoms with Crippen molar-refractivity contribution in [1.82, 2.24) is 0 Å². The molecule has 0 spiro atoms. The van der Waals surface area contributed by atoms with E-state index in [4.69, 9.17) is 14.2 Å². The molecule has 4 rings (SSSR count). The largest absolute Gasteiger partial charge is 0.489 e. The minimum atomic E-state index is -4.50. The zero-order valence-corrected chi connectivity index (χ0v) is 22.9. The van der Waals surface area contributed by atoms with E-state index in [-0.39, 0.29) is 12.9 Å². The van der Waals surface area contributed by atoms with E-state index in [1.807, 2.05) is 38.1 Å². The van der Waals surface area contributed by atoms with Gasteiger partial charge in [-0.05, 0) is 104 Å². The predicted molar refractivity (Wildman–Crippen MR) is 144 cm³/mol. The molecule has 0 aliphatic carbocycles. The normalized spacial score (nSPS) is 12.8. The van der Waals surface area contributed by atoms with Gasteiger partial charge in [0.25, 0.3) is 0 Å². The van der Waals surface area contributed by atoms with Crippen LogP contribution in [0.5, 0.6) is 11.5 Å². The lowest BCUT2D eigenvalue weighted by molar-refractivity contribution is -0.138. The second kappa shape index (κ2) is 12.9. The first-order valence-corrected chi connectivity index (χ1v) is 13.9. The van der Waals surface area contributed by atoms with Gasteiger partial charge in [-0.1, -0.05) is 12.1 Å². The highest BCUT2D eigenvalue weighted by Crippen LogP contribution is 2.37. The van der Waals surface area contributed by atoms with Crippen LogP contribution < -0.4 is 9.47 Å². The summed E-state index contributed by atoms with van der Waals surface area (Å²) in [5, 5.41) is 0. The van der Waals surface area contributed by atoms with Gasteiger partial charge in [0.1, 0.15) is 18.1 Å². The Balaban J connectivity index is 1.52. The number of hydrogen-bond donors (Lipinski definition) is 0. The molecule has 1 atom stereocenters. The minimum absolute atomic E-state index is 0.282. The molecule has 0 aliphatic rings. The highest BCUT2D eigenvalue weighted by molar-refractivity contribution is 7.97. The molecular formula is C31H27F6O3S+. The molecule has 0 saturated heterocycles. The van der Waals surface area contributed by atoms with Gasteiger partial charge in [0, 0.05) is 6.61 Å². The van der Waals surface area contributed by atoms with Crippen molar-refractivity contribution in [2.75, 3.05) is 6.61 Å². The zero-order chi connectivity index (χ0) is 29.6. The van der Waals surface area contributed by atoms with E-state index >= 15 is 0 Å². The molecule has 0 amide bonds. The van der Waals surface area contributed by atoms with Crippen molar-refractivity contribution in [3.63, 3.8) is 0 Å². The van der Waals surface area contributed by atoms with Crippen LogP contribution in [0.25, 0.3) is 0 Å². The third kappa shape index (κ3) is 8.20. The summed E-state index contributed by atoms with van der Waals surface area (Å²) in [6.07, 6.45) is -9.37. The Kier molecular flexibility index (Phi) is 9.55. The zero-order valence-electron chi connectivity index (χ0n) is 22.1. The smallest absolute Gasteiger partial charge is 0.416 e. The lowest BCUT2D eigenvalue weighted by Gasteiger charge is -2.14. The summed E-state index contributed by atoms with van der Waals surface area (Å²) in [6, 6.07) is 23.7. The number of alkyl halides is 6. The van der Waals surface area contributed by atoms with Gasteiger partial charge in [-0.2, -0.15) is 26.3 Å². The first-order chi connectivity index (χ1) is 19.4. The second-order valence-electron chi connectivity index (χ2n) is 8.90. The Labute approximate surface area is 237 Å². The molecular weight excluding hydrogens is 566 g/mol. The van der Waals surface area contributed by atoms with Gasteiger partial charge in [-0.15, -0.1) is 0 Å². The molecule has 1 unspecified atom stereocenters. The van der Waals surface area contributed by atoms with E-state index in [0.29, 0.717) is 32.8 Å². The first kappa shape index (κ1) is 30.3. The average molecular weight is 594 g/mol. The molecule has 0 N–H and O–H groups in total. The Morgan fingerprint density at radius 2 is 1.02 bits per heavy atom. The van der Waals surface area contributed by atoms with Crippen LogP contribution in [0.4, 0.5) is 26.3 Å². The summed E-state index contributed by atoms with van der Waals surface area (Å²) in [5.74, 6) is 1.22. The molecule has 0 aliphatic heterocycles. The molecule has 10 heteroatoms. The lowest BCUT2D eigenvalue weighted by Crippen LogP contribution is -2.15. The van der Waals surface area contributed by atoms with Gasteiger partial charge in [-0.3, -0.25) is 0 Å². The van der Waals surface area contributed by atoms with Gasteiger partial charge in [0.05, 0.1) is 22.0 Å². The van der Waals surface area contributed by atoms with Crippen LogP contribution in [-0.4, -0.2) is 12.9 Å². The third-order valence-electron chi connectivity index (χ3n) is 5.93. The van der Waals surface area contributed by atoms with Crippen molar-refractivity contribution < 1.29 is 40.6 Å². The third-order valence-corrected chi connectivity index (χ3v) is 8.16. The van der Waals surface area contributed by atoms with E-state index < -0.39 is 34.4 Å². The Morgan fingerprint density at radius 1 is 0.610 bits per heavy atom. The van der Waals surface area contributed by atoms with Gasteiger partial charge in [-0.25, -0.2) is 0 Å². The molecule has 0 saturated carbocycles.